The van der Waals surface area contributed by atoms with Gasteiger partial charge < -0.3 is 13.9 Å². The number of nitrogens with zero attached hydrogens (tertiary/aromatic N) is 4. The third kappa shape index (κ3) is 3.55. The van der Waals surface area contributed by atoms with Crippen molar-refractivity contribution < 1.29 is 13.8 Å². The van der Waals surface area contributed by atoms with Gasteiger partial charge in [-0.3, -0.25) is 5.32 Å². The van der Waals surface area contributed by atoms with E-state index in [0.717, 1.165) is 18.4 Å². The molecule has 134 valence electrons. The molecule has 0 bridgehead atoms. The van der Waals surface area contributed by atoms with Crippen LogP contribution in [0.3, 0.4) is 0 Å². The van der Waals surface area contributed by atoms with Gasteiger partial charge in [0, 0.05) is 29.7 Å². The van der Waals surface area contributed by atoms with Crippen molar-refractivity contribution in [1.82, 2.24) is 20.2 Å². The quantitative estimate of drug-likeness (QED) is 0.750. The first-order valence-corrected chi connectivity index (χ1v) is 8.63. The Hall–Kier alpha value is -2.87. The molecule has 1 atom stereocenters. The average Bonchev–Trinajstić information content (AvgIpc) is 3.34. The van der Waals surface area contributed by atoms with Crippen molar-refractivity contribution in [3.05, 3.63) is 47.5 Å². The normalized spacial score (nSPS) is 17.3. The van der Waals surface area contributed by atoms with Crippen molar-refractivity contribution in [1.29, 1.82) is 0 Å². The fourth-order valence-electron chi connectivity index (χ4n) is 2.95. The van der Waals surface area contributed by atoms with Gasteiger partial charge in [-0.15, -0.1) is 0 Å². The molecule has 2 aromatic heterocycles. The lowest BCUT2D eigenvalue weighted by atomic mass is 9.98. The molecule has 1 aromatic carbocycles. The summed E-state index contributed by atoms with van der Waals surface area (Å²) in [6.07, 6.45) is 3.15. The molecule has 8 nitrogen and oxygen atoms in total. The zero-order valence-corrected chi connectivity index (χ0v) is 14.5. The van der Waals surface area contributed by atoms with Gasteiger partial charge in [0.1, 0.15) is 6.26 Å². The Bertz CT molecular complexity index is 878. The van der Waals surface area contributed by atoms with Crippen molar-refractivity contribution in [2.24, 2.45) is 0 Å². The summed E-state index contributed by atoms with van der Waals surface area (Å²) in [5.74, 6) is 1.44. The van der Waals surface area contributed by atoms with E-state index in [9.17, 15) is 4.79 Å². The first-order chi connectivity index (χ1) is 12.7. The minimum absolute atomic E-state index is 0.000333. The van der Waals surface area contributed by atoms with Crippen molar-refractivity contribution in [3.63, 3.8) is 0 Å². The van der Waals surface area contributed by atoms with E-state index >= 15 is 0 Å². The molecular formula is C17H16ClN5O3. The van der Waals surface area contributed by atoms with E-state index in [-0.39, 0.29) is 11.9 Å². The Kier molecular flexibility index (Phi) is 4.57. The Labute approximate surface area is 154 Å². The highest BCUT2D eigenvalue weighted by Gasteiger charge is 2.29. The lowest BCUT2D eigenvalue weighted by molar-refractivity contribution is 0.184. The minimum Gasteiger partial charge on any atom is -0.363 e. The Morgan fingerprint density at radius 2 is 2.08 bits per heavy atom. The molecular weight excluding hydrogens is 358 g/mol. The second kappa shape index (κ2) is 7.17. The molecule has 2 amide bonds. The summed E-state index contributed by atoms with van der Waals surface area (Å²) in [6.45, 7) is 1.17. The van der Waals surface area contributed by atoms with Crippen molar-refractivity contribution >= 4 is 23.4 Å². The number of likely N-dealkylation sites (tertiary alicyclic amines) is 1. The van der Waals surface area contributed by atoms with Gasteiger partial charge in [0.05, 0.1) is 5.92 Å². The topological polar surface area (TPSA) is 97.3 Å². The second-order valence-corrected chi connectivity index (χ2v) is 6.50. The highest BCUT2D eigenvalue weighted by atomic mass is 35.5. The predicted octanol–water partition coefficient (Wildman–Crippen LogP) is 3.79. The van der Waals surface area contributed by atoms with E-state index in [1.165, 1.54) is 6.26 Å². The first-order valence-electron chi connectivity index (χ1n) is 8.25. The number of urea groups is 1. The molecule has 9 heteroatoms. The molecule has 1 aliphatic rings. The van der Waals surface area contributed by atoms with Gasteiger partial charge in [-0.1, -0.05) is 21.9 Å². The Morgan fingerprint density at radius 3 is 2.85 bits per heavy atom. The molecule has 0 spiro atoms. The molecule has 3 heterocycles. The summed E-state index contributed by atoms with van der Waals surface area (Å²) in [7, 11) is 0. The van der Waals surface area contributed by atoms with E-state index in [4.69, 9.17) is 20.6 Å². The van der Waals surface area contributed by atoms with E-state index in [1.807, 2.05) is 12.1 Å². The number of piperidine rings is 1. The van der Waals surface area contributed by atoms with Crippen LogP contribution in [-0.4, -0.2) is 39.3 Å². The number of carbonyl (C=O) groups is 1. The molecule has 3 aromatic rings. The SMILES string of the molecule is O=C(Nc1ccon1)N1CCCC(c2nc(-c3ccc(Cl)cc3)no2)C1. The highest BCUT2D eigenvalue weighted by molar-refractivity contribution is 6.30. The van der Waals surface area contributed by atoms with Gasteiger partial charge in [-0.25, -0.2) is 4.79 Å². The largest absolute Gasteiger partial charge is 0.363 e. The maximum Gasteiger partial charge on any atom is 0.323 e. The fourth-order valence-corrected chi connectivity index (χ4v) is 3.07. The molecule has 1 fully saturated rings. The Balaban J connectivity index is 1.44. The monoisotopic (exact) mass is 373 g/mol. The second-order valence-electron chi connectivity index (χ2n) is 6.06. The van der Waals surface area contributed by atoms with Crippen molar-refractivity contribution in [2.75, 3.05) is 18.4 Å². The van der Waals surface area contributed by atoms with Gasteiger partial charge in [-0.2, -0.15) is 4.98 Å². The number of carbonyl (C=O) groups excluding carboxylic acids is 1. The summed E-state index contributed by atoms with van der Waals surface area (Å²) in [6, 6.07) is 8.62. The van der Waals surface area contributed by atoms with Crippen LogP contribution < -0.4 is 5.32 Å². The fraction of sp³-hybridized carbons (Fsp3) is 0.294. The van der Waals surface area contributed by atoms with E-state index in [1.54, 1.807) is 23.1 Å². The number of aromatic nitrogens is 3. The molecule has 1 saturated heterocycles. The number of rotatable bonds is 3. The summed E-state index contributed by atoms with van der Waals surface area (Å²) < 4.78 is 10.2. The molecule has 1 aliphatic heterocycles. The van der Waals surface area contributed by atoms with Crippen LogP contribution in [0.4, 0.5) is 10.6 Å². The van der Waals surface area contributed by atoms with E-state index in [0.29, 0.717) is 35.6 Å². The van der Waals surface area contributed by atoms with Gasteiger partial charge in [0.15, 0.2) is 5.82 Å². The van der Waals surface area contributed by atoms with E-state index in [2.05, 4.69) is 20.6 Å². The molecule has 0 saturated carbocycles. The lowest BCUT2D eigenvalue weighted by Crippen LogP contribution is -2.41. The summed E-state index contributed by atoms with van der Waals surface area (Å²) in [4.78, 5) is 18.6. The number of amides is 2. The van der Waals surface area contributed by atoms with E-state index < -0.39 is 0 Å². The standard InChI is InChI=1S/C17H16ClN5O3/c18-13-5-3-11(4-6-13)15-20-16(26-22-15)12-2-1-8-23(10-12)17(24)19-14-7-9-25-21-14/h3-7,9,12H,1-2,8,10H2,(H,19,21,24). The third-order valence-electron chi connectivity index (χ3n) is 4.27. The van der Waals surface area contributed by atoms with Gasteiger partial charge in [0.25, 0.3) is 0 Å². The van der Waals surface area contributed by atoms with Crippen LogP contribution in [0.5, 0.6) is 0 Å². The van der Waals surface area contributed by atoms with Crippen LogP contribution in [0, 0.1) is 0 Å². The highest BCUT2D eigenvalue weighted by Crippen LogP contribution is 2.28. The molecule has 1 N–H and O–H groups in total. The summed E-state index contributed by atoms with van der Waals surface area (Å²) in [5.41, 5.74) is 0.834. The molecule has 1 unspecified atom stereocenters. The average molecular weight is 374 g/mol. The van der Waals surface area contributed by atoms with Gasteiger partial charge in [0.2, 0.25) is 11.7 Å². The van der Waals surface area contributed by atoms with Crippen LogP contribution >= 0.6 is 11.6 Å². The predicted molar refractivity (Wildman–Crippen MR) is 93.8 cm³/mol. The maximum absolute atomic E-state index is 12.4. The third-order valence-corrected chi connectivity index (χ3v) is 4.53. The molecule has 0 aliphatic carbocycles. The molecule has 26 heavy (non-hydrogen) atoms. The molecule has 0 radical (unpaired) electrons. The zero-order valence-electron chi connectivity index (χ0n) is 13.8. The summed E-state index contributed by atoms with van der Waals surface area (Å²) in [5, 5.41) is 11.1. The number of benzene rings is 1. The Morgan fingerprint density at radius 1 is 1.23 bits per heavy atom. The number of anilines is 1. The maximum atomic E-state index is 12.4. The first kappa shape index (κ1) is 16.6. The number of halogens is 1. The number of hydrogen-bond donors (Lipinski definition) is 1. The van der Waals surface area contributed by atoms with Crippen LogP contribution in [0.2, 0.25) is 5.02 Å². The smallest absolute Gasteiger partial charge is 0.323 e. The minimum atomic E-state index is -0.221. The lowest BCUT2D eigenvalue weighted by Gasteiger charge is -2.30. The van der Waals surface area contributed by atoms with Crippen LogP contribution in [0.25, 0.3) is 11.4 Å². The van der Waals surface area contributed by atoms with Crippen LogP contribution in [-0.2, 0) is 0 Å². The zero-order chi connectivity index (χ0) is 17.9. The number of nitrogens with one attached hydrogen (secondary N) is 1. The number of hydrogen-bond acceptors (Lipinski definition) is 6. The van der Waals surface area contributed by atoms with Crippen molar-refractivity contribution in [2.45, 2.75) is 18.8 Å². The molecule has 4 rings (SSSR count). The van der Waals surface area contributed by atoms with Crippen molar-refractivity contribution in [3.8, 4) is 11.4 Å². The van der Waals surface area contributed by atoms with Crippen LogP contribution in [0.15, 0.2) is 45.6 Å². The van der Waals surface area contributed by atoms with Crippen LogP contribution in [0.1, 0.15) is 24.7 Å². The van der Waals surface area contributed by atoms with Gasteiger partial charge in [-0.05, 0) is 37.1 Å². The summed E-state index contributed by atoms with van der Waals surface area (Å²) >= 11 is 5.90. The van der Waals surface area contributed by atoms with Gasteiger partial charge >= 0.3 is 6.03 Å².